The molecular weight excluding hydrogens is 326 g/mol. The summed E-state index contributed by atoms with van der Waals surface area (Å²) in [6.07, 6.45) is 1.62. The number of aliphatic hydroxyl groups is 3. The quantitative estimate of drug-likeness (QED) is 0.430. The van der Waals surface area contributed by atoms with Gasteiger partial charge in [0.25, 0.3) is 5.91 Å². The van der Waals surface area contributed by atoms with Gasteiger partial charge in [-0.2, -0.15) is 0 Å². The lowest BCUT2D eigenvalue weighted by molar-refractivity contribution is 0.0174. The van der Waals surface area contributed by atoms with E-state index in [9.17, 15) is 20.1 Å². The number of aryl methyl sites for hydroxylation is 1. The fourth-order valence-corrected chi connectivity index (χ4v) is 3.09. The molecule has 25 heavy (non-hydrogen) atoms. The summed E-state index contributed by atoms with van der Waals surface area (Å²) >= 11 is 0. The van der Waals surface area contributed by atoms with E-state index in [4.69, 9.17) is 0 Å². The van der Waals surface area contributed by atoms with E-state index in [1.54, 1.807) is 14.1 Å². The van der Waals surface area contributed by atoms with Crippen molar-refractivity contribution in [2.45, 2.75) is 63.4 Å². The summed E-state index contributed by atoms with van der Waals surface area (Å²) in [6.45, 7) is 2.01. The lowest BCUT2D eigenvalue weighted by Crippen LogP contribution is -2.39. The summed E-state index contributed by atoms with van der Waals surface area (Å²) < 4.78 is 1.48. The Balaban J connectivity index is 2.21. The van der Waals surface area contributed by atoms with Crippen molar-refractivity contribution < 1.29 is 20.1 Å². The maximum atomic E-state index is 12.6. The van der Waals surface area contributed by atoms with Gasteiger partial charge in [0.2, 0.25) is 0 Å². The molecule has 1 aromatic rings. The Morgan fingerprint density at radius 1 is 1.24 bits per heavy atom. The molecule has 1 aromatic heterocycles. The van der Waals surface area contributed by atoms with Gasteiger partial charge in [0.05, 0.1) is 43.1 Å². The molecule has 1 aliphatic rings. The highest BCUT2D eigenvalue weighted by Gasteiger charge is 2.41. The predicted molar refractivity (Wildman–Crippen MR) is 91.1 cm³/mol. The third-order valence-corrected chi connectivity index (χ3v) is 4.60. The zero-order valence-corrected chi connectivity index (χ0v) is 15.1. The maximum Gasteiger partial charge on any atom is 0.273 e. The van der Waals surface area contributed by atoms with Gasteiger partial charge in [0.15, 0.2) is 0 Å². The van der Waals surface area contributed by atoms with Crippen LogP contribution < -0.4 is 5.32 Å². The Morgan fingerprint density at radius 3 is 2.48 bits per heavy atom. The molecule has 0 aliphatic carbocycles. The second-order valence-corrected chi connectivity index (χ2v) is 6.77. The molecule has 0 spiro atoms. The molecule has 4 atom stereocenters. The van der Waals surface area contributed by atoms with Crippen LogP contribution in [0.1, 0.15) is 42.4 Å². The summed E-state index contributed by atoms with van der Waals surface area (Å²) in [5.41, 5.74) is 1.07. The summed E-state index contributed by atoms with van der Waals surface area (Å²) in [5, 5.41) is 40.6. The van der Waals surface area contributed by atoms with Crippen molar-refractivity contribution in [2.24, 2.45) is 0 Å². The van der Waals surface area contributed by atoms with E-state index in [0.29, 0.717) is 17.8 Å². The van der Waals surface area contributed by atoms with Gasteiger partial charge in [-0.3, -0.25) is 4.79 Å². The van der Waals surface area contributed by atoms with E-state index in [1.165, 1.54) is 9.58 Å². The Kier molecular flexibility index (Phi) is 6.88. The lowest BCUT2D eigenvalue weighted by Gasteiger charge is -2.18. The maximum absolute atomic E-state index is 12.6. The van der Waals surface area contributed by atoms with Gasteiger partial charge in [-0.1, -0.05) is 25.0 Å². The first-order valence-electron chi connectivity index (χ1n) is 8.77. The van der Waals surface area contributed by atoms with E-state index in [1.807, 2.05) is 0 Å². The molecule has 142 valence electrons. The van der Waals surface area contributed by atoms with Crippen LogP contribution >= 0.6 is 0 Å². The normalized spacial score (nSPS) is 26.2. The predicted octanol–water partition coefficient (Wildman–Crippen LogP) is -1.23. The highest BCUT2D eigenvalue weighted by atomic mass is 16.3. The van der Waals surface area contributed by atoms with Crippen molar-refractivity contribution in [3.63, 3.8) is 0 Å². The van der Waals surface area contributed by atoms with Crippen LogP contribution in [0, 0.1) is 0 Å². The van der Waals surface area contributed by atoms with Crippen molar-refractivity contribution in [3.05, 3.63) is 11.4 Å². The van der Waals surface area contributed by atoms with Crippen molar-refractivity contribution >= 4 is 5.91 Å². The van der Waals surface area contributed by atoms with Crippen LogP contribution in [0.15, 0.2) is 0 Å². The van der Waals surface area contributed by atoms with E-state index in [0.717, 1.165) is 19.3 Å². The number of carbonyl (C=O) groups excluding carboxylic acids is 1. The van der Waals surface area contributed by atoms with Crippen LogP contribution in [0.5, 0.6) is 0 Å². The largest absolute Gasteiger partial charge is 0.395 e. The Bertz CT molecular complexity index is 577. The molecule has 0 unspecified atom stereocenters. The SMILES string of the molecule is CCCCCc1nnn(C[C@H]2N[C@H](CO)[C@@H](O)[C@@H]2O)c1C(=O)N(C)C. The number of carbonyl (C=O) groups is 1. The minimum atomic E-state index is -1.06. The molecule has 4 N–H and O–H groups in total. The molecule has 9 heteroatoms. The van der Waals surface area contributed by atoms with Crippen LogP contribution in [-0.2, 0) is 13.0 Å². The van der Waals surface area contributed by atoms with Crippen molar-refractivity contribution in [1.29, 1.82) is 0 Å². The van der Waals surface area contributed by atoms with Gasteiger partial charge in [-0.15, -0.1) is 5.10 Å². The van der Waals surface area contributed by atoms with Gasteiger partial charge in [-0.05, 0) is 12.8 Å². The lowest BCUT2D eigenvalue weighted by atomic mass is 10.1. The second-order valence-electron chi connectivity index (χ2n) is 6.77. The molecule has 2 heterocycles. The summed E-state index contributed by atoms with van der Waals surface area (Å²) in [5.74, 6) is -0.191. The highest BCUT2D eigenvalue weighted by molar-refractivity contribution is 5.93. The van der Waals surface area contributed by atoms with Crippen LogP contribution in [0.2, 0.25) is 0 Å². The third kappa shape index (κ3) is 4.35. The Labute approximate surface area is 147 Å². The second kappa shape index (κ2) is 8.70. The molecular formula is C16H29N5O4. The van der Waals surface area contributed by atoms with Crippen LogP contribution in [0.25, 0.3) is 0 Å². The monoisotopic (exact) mass is 355 g/mol. The number of hydrogen-bond donors (Lipinski definition) is 4. The summed E-state index contributed by atoms with van der Waals surface area (Å²) in [7, 11) is 3.34. The van der Waals surface area contributed by atoms with Crippen LogP contribution in [0.4, 0.5) is 0 Å². The first-order chi connectivity index (χ1) is 11.9. The topological polar surface area (TPSA) is 124 Å². The number of aromatic nitrogens is 3. The van der Waals surface area contributed by atoms with Crippen molar-refractivity contribution in [2.75, 3.05) is 20.7 Å². The number of nitrogens with zero attached hydrogens (tertiary/aromatic N) is 4. The standard InChI is InChI=1S/C16H29N5O4/c1-4-5-6-7-10-13(16(25)20(2)3)21(19-18-10)8-11-14(23)15(24)12(9-22)17-11/h11-12,14-15,17,22-24H,4-9H2,1-3H3/t11-,12-,14-,15-/m1/s1. The highest BCUT2D eigenvalue weighted by Crippen LogP contribution is 2.18. The number of hydrogen-bond acceptors (Lipinski definition) is 7. The number of aliphatic hydroxyl groups excluding tert-OH is 3. The van der Waals surface area contributed by atoms with E-state index in [2.05, 4.69) is 22.6 Å². The van der Waals surface area contributed by atoms with Crippen molar-refractivity contribution in [1.82, 2.24) is 25.2 Å². The fraction of sp³-hybridized carbons (Fsp3) is 0.812. The molecule has 1 fully saturated rings. The third-order valence-electron chi connectivity index (χ3n) is 4.60. The fourth-order valence-electron chi connectivity index (χ4n) is 3.09. The van der Waals surface area contributed by atoms with Gasteiger partial charge >= 0.3 is 0 Å². The Hall–Kier alpha value is -1.55. The van der Waals surface area contributed by atoms with Gasteiger partial charge < -0.3 is 25.5 Å². The average Bonchev–Trinajstić information content (AvgIpc) is 3.10. The molecule has 0 bridgehead atoms. The number of nitrogens with one attached hydrogen (secondary N) is 1. The zero-order valence-electron chi connectivity index (χ0n) is 15.1. The average molecular weight is 355 g/mol. The Morgan fingerprint density at radius 2 is 1.92 bits per heavy atom. The smallest absolute Gasteiger partial charge is 0.273 e. The van der Waals surface area contributed by atoms with Gasteiger partial charge in [-0.25, -0.2) is 4.68 Å². The molecule has 1 aliphatic heterocycles. The molecule has 0 radical (unpaired) electrons. The van der Waals surface area contributed by atoms with Gasteiger partial charge in [0, 0.05) is 14.1 Å². The van der Waals surface area contributed by atoms with Gasteiger partial charge in [0.1, 0.15) is 5.69 Å². The van der Waals surface area contributed by atoms with Crippen molar-refractivity contribution in [3.8, 4) is 0 Å². The van der Waals surface area contributed by atoms with Crippen LogP contribution in [-0.4, -0.2) is 86.1 Å². The molecule has 1 saturated heterocycles. The first-order valence-corrected chi connectivity index (χ1v) is 8.77. The summed E-state index contributed by atoms with van der Waals surface area (Å²) in [6, 6.07) is -1.12. The minimum absolute atomic E-state index is 0.185. The van der Waals surface area contributed by atoms with Crippen LogP contribution in [0.3, 0.4) is 0 Å². The summed E-state index contributed by atoms with van der Waals surface area (Å²) in [4.78, 5) is 14.0. The molecule has 9 nitrogen and oxygen atoms in total. The number of amides is 1. The number of rotatable bonds is 8. The van der Waals surface area contributed by atoms with E-state index < -0.39 is 24.3 Å². The van der Waals surface area contributed by atoms with E-state index >= 15 is 0 Å². The molecule has 0 aromatic carbocycles. The molecule has 0 saturated carbocycles. The molecule has 1 amide bonds. The number of unbranched alkanes of at least 4 members (excludes halogenated alkanes) is 2. The first kappa shape index (κ1) is 19.8. The zero-order chi connectivity index (χ0) is 18.6. The minimum Gasteiger partial charge on any atom is -0.395 e. The molecule has 2 rings (SSSR count). The van der Waals surface area contributed by atoms with E-state index in [-0.39, 0.29) is 19.1 Å².